The number of halogens is 1. The molecule has 1 N–H and O–H groups in total. The maximum absolute atomic E-state index is 10.7. The molecule has 0 aliphatic carbocycles. The van der Waals surface area contributed by atoms with Crippen LogP contribution in [0.15, 0.2) is 46.9 Å². The van der Waals surface area contributed by atoms with Gasteiger partial charge in [0, 0.05) is 16.6 Å². The molecule has 0 unspecified atom stereocenters. The minimum Gasteiger partial charge on any atom is -0.508 e. The molecule has 2 rings (SSSR count). The van der Waals surface area contributed by atoms with Crippen LogP contribution in [0.1, 0.15) is 0 Å². The van der Waals surface area contributed by atoms with Gasteiger partial charge in [0.25, 0.3) is 5.69 Å². The Labute approximate surface area is 106 Å². The molecule has 17 heavy (non-hydrogen) atoms. The summed E-state index contributed by atoms with van der Waals surface area (Å²) in [7, 11) is 0. The average Bonchev–Trinajstić information content (AvgIpc) is 2.28. The quantitative estimate of drug-likeness (QED) is 0.678. The zero-order valence-corrected chi connectivity index (χ0v) is 10.2. The Bertz CT molecular complexity index is 563. The van der Waals surface area contributed by atoms with Crippen molar-refractivity contribution in [1.82, 2.24) is 0 Å². The highest BCUT2D eigenvalue weighted by Gasteiger charge is 2.08. The lowest BCUT2D eigenvalue weighted by molar-refractivity contribution is -0.384. The Morgan fingerprint density at radius 2 is 1.88 bits per heavy atom. The highest BCUT2D eigenvalue weighted by atomic mass is 79.9. The van der Waals surface area contributed by atoms with Gasteiger partial charge in [0.15, 0.2) is 0 Å². The van der Waals surface area contributed by atoms with Crippen LogP contribution in [-0.4, -0.2) is 10.0 Å². The normalized spacial score (nSPS) is 10.2. The first kappa shape index (κ1) is 11.6. The second kappa shape index (κ2) is 4.55. The zero-order valence-electron chi connectivity index (χ0n) is 8.63. The largest absolute Gasteiger partial charge is 0.508 e. The molecule has 0 aromatic heterocycles. The molecular weight excluding hydrogens is 286 g/mol. The van der Waals surface area contributed by atoms with Crippen LogP contribution in [0, 0.1) is 10.1 Å². The predicted molar refractivity (Wildman–Crippen MR) is 67.9 cm³/mol. The van der Waals surface area contributed by atoms with Gasteiger partial charge < -0.3 is 5.11 Å². The topological polar surface area (TPSA) is 63.4 Å². The third kappa shape index (κ3) is 2.62. The van der Waals surface area contributed by atoms with Crippen molar-refractivity contribution in [2.45, 2.75) is 0 Å². The maximum Gasteiger partial charge on any atom is 0.270 e. The van der Waals surface area contributed by atoms with E-state index in [1.807, 2.05) is 0 Å². The van der Waals surface area contributed by atoms with Gasteiger partial charge in [-0.1, -0.05) is 28.1 Å². The molecule has 5 heteroatoms. The first-order valence-corrected chi connectivity index (χ1v) is 5.60. The van der Waals surface area contributed by atoms with Gasteiger partial charge in [-0.3, -0.25) is 10.1 Å². The molecule has 0 radical (unpaired) electrons. The molecule has 86 valence electrons. The Kier molecular flexibility index (Phi) is 3.10. The number of rotatable bonds is 2. The number of hydrogen-bond acceptors (Lipinski definition) is 3. The number of phenolic OH excluding ortho intramolecular Hbond substituents is 1. The van der Waals surface area contributed by atoms with E-state index in [2.05, 4.69) is 15.9 Å². The first-order valence-electron chi connectivity index (χ1n) is 4.80. The van der Waals surface area contributed by atoms with Crippen LogP contribution in [0.5, 0.6) is 5.75 Å². The summed E-state index contributed by atoms with van der Waals surface area (Å²) >= 11 is 3.26. The molecule has 0 spiro atoms. The van der Waals surface area contributed by atoms with Gasteiger partial charge in [0.05, 0.1) is 4.92 Å². The molecule has 0 aliphatic rings. The van der Waals surface area contributed by atoms with Gasteiger partial charge in [-0.2, -0.15) is 0 Å². The molecule has 0 saturated carbocycles. The number of nitrogens with zero attached hydrogens (tertiary/aromatic N) is 1. The summed E-state index contributed by atoms with van der Waals surface area (Å²) in [6.07, 6.45) is 0. The summed E-state index contributed by atoms with van der Waals surface area (Å²) in [5.41, 5.74) is 1.44. The van der Waals surface area contributed by atoms with Crippen LogP contribution in [0.4, 0.5) is 5.69 Å². The molecule has 0 atom stereocenters. The van der Waals surface area contributed by atoms with Crippen molar-refractivity contribution in [3.05, 3.63) is 57.1 Å². The standard InChI is InChI=1S/C12H8BrNO3/c13-10-4-9(6-12(15)7-10)8-2-1-3-11(5-8)14(16)17/h1-7,15H. The summed E-state index contributed by atoms with van der Waals surface area (Å²) in [6.45, 7) is 0. The number of non-ortho nitro benzene ring substituents is 1. The highest BCUT2D eigenvalue weighted by molar-refractivity contribution is 9.10. The van der Waals surface area contributed by atoms with Crippen molar-refractivity contribution in [3.63, 3.8) is 0 Å². The maximum atomic E-state index is 10.7. The summed E-state index contributed by atoms with van der Waals surface area (Å²) in [4.78, 5) is 10.2. The minimum atomic E-state index is -0.443. The third-order valence-electron chi connectivity index (χ3n) is 2.27. The van der Waals surface area contributed by atoms with Crippen LogP contribution in [-0.2, 0) is 0 Å². The lowest BCUT2D eigenvalue weighted by Gasteiger charge is -2.03. The van der Waals surface area contributed by atoms with Crippen molar-refractivity contribution >= 4 is 21.6 Å². The Morgan fingerprint density at radius 1 is 1.12 bits per heavy atom. The molecule has 2 aromatic rings. The van der Waals surface area contributed by atoms with Gasteiger partial charge in [-0.05, 0) is 29.3 Å². The molecule has 2 aromatic carbocycles. The molecule has 0 bridgehead atoms. The fourth-order valence-corrected chi connectivity index (χ4v) is 2.02. The molecule has 0 heterocycles. The van der Waals surface area contributed by atoms with E-state index in [9.17, 15) is 15.2 Å². The Hall–Kier alpha value is -1.88. The van der Waals surface area contributed by atoms with Gasteiger partial charge >= 0.3 is 0 Å². The van der Waals surface area contributed by atoms with E-state index in [1.165, 1.54) is 12.1 Å². The fraction of sp³-hybridized carbons (Fsp3) is 0. The average molecular weight is 294 g/mol. The second-order valence-corrected chi connectivity index (χ2v) is 4.42. The van der Waals surface area contributed by atoms with Gasteiger partial charge in [0.2, 0.25) is 0 Å². The van der Waals surface area contributed by atoms with E-state index in [-0.39, 0.29) is 11.4 Å². The minimum absolute atomic E-state index is 0.0296. The highest BCUT2D eigenvalue weighted by Crippen LogP contribution is 2.29. The van der Waals surface area contributed by atoms with Gasteiger partial charge in [-0.25, -0.2) is 0 Å². The second-order valence-electron chi connectivity index (χ2n) is 3.51. The lowest BCUT2D eigenvalue weighted by Crippen LogP contribution is -1.88. The van der Waals surface area contributed by atoms with Crippen LogP contribution in [0.3, 0.4) is 0 Å². The summed E-state index contributed by atoms with van der Waals surface area (Å²) < 4.78 is 0.721. The number of nitro groups is 1. The summed E-state index contributed by atoms with van der Waals surface area (Å²) in [6, 6.07) is 11.2. The van der Waals surface area contributed by atoms with E-state index in [0.29, 0.717) is 5.56 Å². The van der Waals surface area contributed by atoms with Crippen molar-refractivity contribution < 1.29 is 10.0 Å². The van der Waals surface area contributed by atoms with E-state index in [1.54, 1.807) is 30.3 Å². The van der Waals surface area contributed by atoms with Crippen molar-refractivity contribution in [2.24, 2.45) is 0 Å². The monoisotopic (exact) mass is 293 g/mol. The molecule has 0 fully saturated rings. The number of aromatic hydroxyl groups is 1. The predicted octanol–water partition coefficient (Wildman–Crippen LogP) is 3.73. The van der Waals surface area contributed by atoms with Gasteiger partial charge in [-0.15, -0.1) is 0 Å². The molecule has 0 saturated heterocycles. The van der Waals surface area contributed by atoms with E-state index in [4.69, 9.17) is 0 Å². The van der Waals surface area contributed by atoms with Crippen LogP contribution < -0.4 is 0 Å². The van der Waals surface area contributed by atoms with Crippen LogP contribution in [0.2, 0.25) is 0 Å². The van der Waals surface area contributed by atoms with E-state index < -0.39 is 4.92 Å². The molecule has 4 nitrogen and oxygen atoms in total. The SMILES string of the molecule is O=[N+]([O-])c1cccc(-c2cc(O)cc(Br)c2)c1. The summed E-state index contributed by atoms with van der Waals surface area (Å²) in [5, 5.41) is 20.1. The number of nitro benzene ring substituents is 1. The third-order valence-corrected chi connectivity index (χ3v) is 2.73. The van der Waals surface area contributed by atoms with Crippen molar-refractivity contribution in [1.29, 1.82) is 0 Å². The van der Waals surface area contributed by atoms with E-state index >= 15 is 0 Å². The zero-order chi connectivity index (χ0) is 12.4. The Morgan fingerprint density at radius 3 is 2.53 bits per heavy atom. The van der Waals surface area contributed by atoms with Crippen molar-refractivity contribution in [2.75, 3.05) is 0 Å². The molecule has 0 aliphatic heterocycles. The molecular formula is C12H8BrNO3. The summed E-state index contributed by atoms with van der Waals surface area (Å²) in [5.74, 6) is 0.112. The number of phenols is 1. The van der Waals surface area contributed by atoms with Gasteiger partial charge in [0.1, 0.15) is 5.75 Å². The van der Waals surface area contributed by atoms with Crippen LogP contribution in [0.25, 0.3) is 11.1 Å². The number of benzene rings is 2. The fourth-order valence-electron chi connectivity index (χ4n) is 1.54. The lowest BCUT2D eigenvalue weighted by atomic mass is 10.1. The molecule has 0 amide bonds. The smallest absolute Gasteiger partial charge is 0.270 e. The van der Waals surface area contributed by atoms with Crippen molar-refractivity contribution in [3.8, 4) is 16.9 Å². The number of hydrogen-bond donors (Lipinski definition) is 1. The first-order chi connectivity index (χ1) is 8.06. The Balaban J connectivity index is 2.52. The van der Waals surface area contributed by atoms with Crippen LogP contribution >= 0.6 is 15.9 Å². The van der Waals surface area contributed by atoms with E-state index in [0.717, 1.165) is 10.0 Å².